The highest BCUT2D eigenvalue weighted by Gasteiger charge is 2.16. The standard InChI is InChI=1S/C15H24N2O.ClH/c1-4-6-7-12(5-2)15(18)17-14-10-13(16)9-8-11(14)3;/h8-10,12H,4-7,16H2,1-3H3,(H,17,18);1H. The number of unbranched alkanes of at least 4 members (excludes halogenated alkanes) is 1. The molecule has 0 saturated heterocycles. The first-order valence-corrected chi connectivity index (χ1v) is 6.75. The van der Waals surface area contributed by atoms with Crippen LogP contribution in [0, 0.1) is 12.8 Å². The fourth-order valence-corrected chi connectivity index (χ4v) is 1.98. The van der Waals surface area contributed by atoms with Crippen molar-refractivity contribution in [1.82, 2.24) is 0 Å². The van der Waals surface area contributed by atoms with Crippen molar-refractivity contribution in [3.05, 3.63) is 23.8 Å². The van der Waals surface area contributed by atoms with Gasteiger partial charge in [-0.15, -0.1) is 12.4 Å². The molecule has 1 aromatic rings. The van der Waals surface area contributed by atoms with Crippen LogP contribution in [0.1, 0.15) is 45.1 Å². The number of hydrogen-bond acceptors (Lipinski definition) is 2. The number of carbonyl (C=O) groups is 1. The molecule has 0 aliphatic rings. The monoisotopic (exact) mass is 284 g/mol. The van der Waals surface area contributed by atoms with Crippen molar-refractivity contribution in [1.29, 1.82) is 0 Å². The van der Waals surface area contributed by atoms with Crippen LogP contribution in [0.4, 0.5) is 11.4 Å². The normalized spacial score (nSPS) is 11.5. The van der Waals surface area contributed by atoms with Crippen molar-refractivity contribution in [2.24, 2.45) is 5.92 Å². The van der Waals surface area contributed by atoms with E-state index in [0.29, 0.717) is 5.69 Å². The molecule has 1 unspecified atom stereocenters. The molecular weight excluding hydrogens is 260 g/mol. The first-order valence-electron chi connectivity index (χ1n) is 6.75. The number of benzene rings is 1. The number of nitrogen functional groups attached to an aromatic ring is 1. The summed E-state index contributed by atoms with van der Waals surface area (Å²) in [5, 5.41) is 2.99. The molecule has 108 valence electrons. The fourth-order valence-electron chi connectivity index (χ4n) is 1.98. The second-order valence-electron chi connectivity index (χ2n) is 4.81. The maximum atomic E-state index is 12.2. The van der Waals surface area contributed by atoms with Crippen LogP contribution in [0.5, 0.6) is 0 Å². The van der Waals surface area contributed by atoms with Gasteiger partial charge in [0.25, 0.3) is 0 Å². The van der Waals surface area contributed by atoms with E-state index >= 15 is 0 Å². The molecule has 0 spiro atoms. The lowest BCUT2D eigenvalue weighted by Gasteiger charge is -2.16. The van der Waals surface area contributed by atoms with E-state index in [0.717, 1.165) is 36.9 Å². The first-order chi connectivity index (χ1) is 8.58. The van der Waals surface area contributed by atoms with Crippen LogP contribution in [-0.2, 0) is 4.79 Å². The molecule has 0 bridgehead atoms. The van der Waals surface area contributed by atoms with E-state index in [4.69, 9.17) is 5.73 Å². The number of anilines is 2. The highest BCUT2D eigenvalue weighted by Crippen LogP contribution is 2.21. The van der Waals surface area contributed by atoms with E-state index in [9.17, 15) is 4.79 Å². The lowest BCUT2D eigenvalue weighted by atomic mass is 9.98. The quantitative estimate of drug-likeness (QED) is 0.771. The largest absolute Gasteiger partial charge is 0.399 e. The minimum absolute atomic E-state index is 0. The van der Waals surface area contributed by atoms with Gasteiger partial charge in [-0.1, -0.05) is 32.8 Å². The van der Waals surface area contributed by atoms with Gasteiger partial charge in [0.15, 0.2) is 0 Å². The predicted octanol–water partition coefficient (Wildman–Crippen LogP) is 4.15. The van der Waals surface area contributed by atoms with E-state index in [2.05, 4.69) is 19.2 Å². The van der Waals surface area contributed by atoms with Gasteiger partial charge in [-0.3, -0.25) is 4.79 Å². The average molecular weight is 285 g/mol. The molecule has 0 aromatic heterocycles. The van der Waals surface area contributed by atoms with E-state index in [1.807, 2.05) is 25.1 Å². The van der Waals surface area contributed by atoms with Crippen LogP contribution in [0.2, 0.25) is 0 Å². The molecule has 0 aliphatic heterocycles. The van der Waals surface area contributed by atoms with E-state index in [-0.39, 0.29) is 24.2 Å². The lowest BCUT2D eigenvalue weighted by molar-refractivity contribution is -0.120. The van der Waals surface area contributed by atoms with Gasteiger partial charge >= 0.3 is 0 Å². The molecular formula is C15H25ClN2O. The summed E-state index contributed by atoms with van der Waals surface area (Å²) in [5.74, 6) is 0.213. The Hall–Kier alpha value is -1.22. The van der Waals surface area contributed by atoms with Gasteiger partial charge in [-0.05, 0) is 37.5 Å². The Morgan fingerprint density at radius 2 is 2.05 bits per heavy atom. The SMILES string of the molecule is CCCCC(CC)C(=O)Nc1cc(N)ccc1C.Cl. The van der Waals surface area contributed by atoms with Gasteiger partial charge in [-0.25, -0.2) is 0 Å². The van der Waals surface area contributed by atoms with Crippen LogP contribution >= 0.6 is 12.4 Å². The van der Waals surface area contributed by atoms with Crippen LogP contribution in [0.3, 0.4) is 0 Å². The number of halogens is 1. The molecule has 3 N–H and O–H groups in total. The number of nitrogens with two attached hydrogens (primary N) is 1. The molecule has 0 heterocycles. The summed E-state index contributed by atoms with van der Waals surface area (Å²) in [6.07, 6.45) is 4.07. The summed E-state index contributed by atoms with van der Waals surface area (Å²) >= 11 is 0. The Bertz CT molecular complexity index is 407. The molecule has 1 rings (SSSR count). The number of amides is 1. The second kappa shape index (κ2) is 8.81. The maximum absolute atomic E-state index is 12.2. The fraction of sp³-hybridized carbons (Fsp3) is 0.533. The minimum Gasteiger partial charge on any atom is -0.399 e. The van der Waals surface area contributed by atoms with Gasteiger partial charge in [0.05, 0.1) is 0 Å². The molecule has 4 heteroatoms. The summed E-state index contributed by atoms with van der Waals surface area (Å²) in [4.78, 5) is 12.2. The maximum Gasteiger partial charge on any atom is 0.227 e. The Morgan fingerprint density at radius 3 is 2.63 bits per heavy atom. The highest BCUT2D eigenvalue weighted by atomic mass is 35.5. The molecule has 0 saturated carbocycles. The average Bonchev–Trinajstić information content (AvgIpc) is 2.35. The van der Waals surface area contributed by atoms with Crippen molar-refractivity contribution in [2.75, 3.05) is 11.1 Å². The smallest absolute Gasteiger partial charge is 0.227 e. The van der Waals surface area contributed by atoms with Crippen molar-refractivity contribution >= 4 is 29.7 Å². The molecule has 1 atom stereocenters. The molecule has 3 nitrogen and oxygen atoms in total. The van der Waals surface area contributed by atoms with Gasteiger partial charge in [0, 0.05) is 17.3 Å². The third-order valence-corrected chi connectivity index (χ3v) is 3.29. The Kier molecular flexibility index (Phi) is 8.24. The van der Waals surface area contributed by atoms with Crippen molar-refractivity contribution in [3.8, 4) is 0 Å². The third kappa shape index (κ3) is 5.52. The van der Waals surface area contributed by atoms with Crippen molar-refractivity contribution in [3.63, 3.8) is 0 Å². The van der Waals surface area contributed by atoms with Crippen molar-refractivity contribution < 1.29 is 4.79 Å². The topological polar surface area (TPSA) is 55.1 Å². The van der Waals surface area contributed by atoms with Crippen molar-refractivity contribution in [2.45, 2.75) is 46.5 Å². The molecule has 1 amide bonds. The summed E-state index contributed by atoms with van der Waals surface area (Å²) < 4.78 is 0. The zero-order valence-corrected chi connectivity index (χ0v) is 12.8. The Labute approximate surface area is 122 Å². The second-order valence-corrected chi connectivity index (χ2v) is 4.81. The van der Waals surface area contributed by atoms with E-state index in [1.165, 1.54) is 0 Å². The summed E-state index contributed by atoms with van der Waals surface area (Å²) in [5.41, 5.74) is 8.29. The number of aryl methyl sites for hydroxylation is 1. The highest BCUT2D eigenvalue weighted by molar-refractivity contribution is 5.93. The molecule has 1 aromatic carbocycles. The zero-order valence-electron chi connectivity index (χ0n) is 12.0. The summed E-state index contributed by atoms with van der Waals surface area (Å²) in [7, 11) is 0. The number of hydrogen-bond donors (Lipinski definition) is 2. The number of carbonyl (C=O) groups excluding carboxylic acids is 1. The summed E-state index contributed by atoms with van der Waals surface area (Å²) in [6, 6.07) is 5.59. The molecule has 0 radical (unpaired) electrons. The van der Waals surface area contributed by atoms with Crippen LogP contribution < -0.4 is 11.1 Å². The van der Waals surface area contributed by atoms with Gasteiger partial charge in [0.2, 0.25) is 5.91 Å². The third-order valence-electron chi connectivity index (χ3n) is 3.29. The number of rotatable bonds is 6. The number of nitrogens with one attached hydrogen (secondary N) is 1. The van der Waals surface area contributed by atoms with Gasteiger partial charge in [-0.2, -0.15) is 0 Å². The van der Waals surface area contributed by atoms with Crippen LogP contribution in [0.25, 0.3) is 0 Å². The van der Waals surface area contributed by atoms with Gasteiger partial charge in [0.1, 0.15) is 0 Å². The molecule has 19 heavy (non-hydrogen) atoms. The van der Waals surface area contributed by atoms with E-state index in [1.54, 1.807) is 0 Å². The minimum atomic E-state index is 0. The first kappa shape index (κ1) is 17.8. The lowest BCUT2D eigenvalue weighted by Crippen LogP contribution is -2.22. The summed E-state index contributed by atoms with van der Waals surface area (Å²) in [6.45, 7) is 6.18. The Balaban J connectivity index is 0.00000324. The van der Waals surface area contributed by atoms with Crippen LogP contribution in [-0.4, -0.2) is 5.91 Å². The van der Waals surface area contributed by atoms with Gasteiger partial charge < -0.3 is 11.1 Å². The predicted molar refractivity (Wildman–Crippen MR) is 84.8 cm³/mol. The van der Waals surface area contributed by atoms with Crippen LogP contribution in [0.15, 0.2) is 18.2 Å². The molecule has 0 fully saturated rings. The Morgan fingerprint density at radius 1 is 1.37 bits per heavy atom. The van der Waals surface area contributed by atoms with E-state index < -0.39 is 0 Å². The zero-order chi connectivity index (χ0) is 13.5. The molecule has 0 aliphatic carbocycles.